The van der Waals surface area contributed by atoms with Crippen molar-refractivity contribution in [2.75, 3.05) is 0 Å². The molecule has 0 spiro atoms. The van der Waals surface area contributed by atoms with Gasteiger partial charge in [0, 0.05) is 0 Å². The molecule has 4 rings (SSSR count). The Bertz CT molecular complexity index is 727. The molecule has 0 aliphatic heterocycles. The predicted molar refractivity (Wildman–Crippen MR) is 75.1 cm³/mol. The van der Waals surface area contributed by atoms with Crippen molar-refractivity contribution in [1.29, 1.82) is 0 Å². The molecule has 1 heterocycles. The second-order valence-corrected chi connectivity index (χ2v) is 6.14. The van der Waals surface area contributed by atoms with Gasteiger partial charge < -0.3 is 0 Å². The second-order valence-electron chi connectivity index (χ2n) is 6.14. The van der Waals surface area contributed by atoms with Gasteiger partial charge >= 0.3 is 0 Å². The highest BCUT2D eigenvalue weighted by Gasteiger charge is 2.52. The molecular formula is C16H17FN2O. The van der Waals surface area contributed by atoms with Gasteiger partial charge in [-0.15, -0.1) is 0 Å². The van der Waals surface area contributed by atoms with Gasteiger partial charge in [0.15, 0.2) is 0 Å². The number of fused-ring (bicyclic) bond motifs is 1. The first kappa shape index (κ1) is 12.1. The minimum absolute atomic E-state index is 0.0267. The van der Waals surface area contributed by atoms with Crippen LogP contribution in [0.15, 0.2) is 29.3 Å². The number of rotatable bonds is 2. The molecule has 2 saturated carbocycles. The third kappa shape index (κ3) is 1.57. The molecule has 1 aromatic heterocycles. The van der Waals surface area contributed by atoms with E-state index in [4.69, 9.17) is 0 Å². The van der Waals surface area contributed by atoms with Gasteiger partial charge in [-0.05, 0) is 43.7 Å². The summed E-state index contributed by atoms with van der Waals surface area (Å²) in [5.41, 5.74) is 0.0797. The fourth-order valence-electron chi connectivity index (χ4n) is 3.87. The number of nitrogens with zero attached hydrogens (tertiary/aromatic N) is 2. The Hall–Kier alpha value is -1.71. The highest BCUT2D eigenvalue weighted by Crippen LogP contribution is 2.54. The van der Waals surface area contributed by atoms with Crippen molar-refractivity contribution in [1.82, 2.24) is 9.55 Å². The minimum Gasteiger partial charge on any atom is -0.292 e. The molecule has 20 heavy (non-hydrogen) atoms. The van der Waals surface area contributed by atoms with Crippen LogP contribution >= 0.6 is 0 Å². The number of benzene rings is 1. The maximum atomic E-state index is 13.7. The normalized spacial score (nSPS) is 21.4. The molecule has 0 saturated heterocycles. The minimum atomic E-state index is -0.419. The summed E-state index contributed by atoms with van der Waals surface area (Å²) in [5.74, 6) is 0.172. The van der Waals surface area contributed by atoms with E-state index in [1.165, 1.54) is 31.7 Å². The fraction of sp³-hybridized carbons (Fsp3) is 0.500. The monoisotopic (exact) mass is 272 g/mol. The zero-order chi connectivity index (χ0) is 13.7. The molecule has 0 N–H and O–H groups in total. The van der Waals surface area contributed by atoms with Gasteiger partial charge in [0.25, 0.3) is 5.56 Å². The van der Waals surface area contributed by atoms with Gasteiger partial charge in [0.2, 0.25) is 0 Å². The predicted octanol–water partition coefficient (Wildman–Crippen LogP) is 3.21. The number of para-hydroxylation sites is 1. The van der Waals surface area contributed by atoms with Crippen molar-refractivity contribution < 1.29 is 4.39 Å². The van der Waals surface area contributed by atoms with Gasteiger partial charge in [-0.2, -0.15) is 0 Å². The maximum absolute atomic E-state index is 13.7. The quantitative estimate of drug-likeness (QED) is 0.841. The van der Waals surface area contributed by atoms with E-state index in [9.17, 15) is 9.18 Å². The Labute approximate surface area is 116 Å². The lowest BCUT2D eigenvalue weighted by Crippen LogP contribution is -2.35. The lowest BCUT2D eigenvalue weighted by molar-refractivity contribution is 0.300. The molecule has 104 valence electrons. The lowest BCUT2D eigenvalue weighted by Gasteiger charge is -2.25. The molecule has 3 nitrogen and oxygen atoms in total. The summed E-state index contributed by atoms with van der Waals surface area (Å²) in [5, 5.41) is 0.400. The van der Waals surface area contributed by atoms with Crippen molar-refractivity contribution in [2.24, 2.45) is 5.92 Å². The smallest absolute Gasteiger partial charge is 0.261 e. The summed E-state index contributed by atoms with van der Waals surface area (Å²) in [6.07, 6.45) is 8.61. The molecule has 2 aromatic rings. The molecular weight excluding hydrogens is 255 g/mol. The number of hydrogen-bond acceptors (Lipinski definition) is 2. The topological polar surface area (TPSA) is 34.9 Å². The van der Waals surface area contributed by atoms with E-state index in [1.807, 2.05) is 0 Å². The first-order valence-electron chi connectivity index (χ1n) is 7.39. The molecule has 0 amide bonds. The van der Waals surface area contributed by atoms with Crippen LogP contribution in [0.5, 0.6) is 0 Å². The van der Waals surface area contributed by atoms with Crippen LogP contribution in [-0.4, -0.2) is 9.55 Å². The number of aromatic nitrogens is 2. The van der Waals surface area contributed by atoms with E-state index in [0.717, 1.165) is 12.8 Å². The highest BCUT2D eigenvalue weighted by atomic mass is 19.1. The van der Waals surface area contributed by atoms with E-state index in [1.54, 1.807) is 23.0 Å². The van der Waals surface area contributed by atoms with Gasteiger partial charge in [0.1, 0.15) is 11.3 Å². The Balaban J connectivity index is 1.89. The molecule has 0 atom stereocenters. The van der Waals surface area contributed by atoms with Crippen molar-refractivity contribution in [3.05, 3.63) is 40.7 Å². The standard InChI is InChI=1S/C16H17FN2O/c17-13-7-3-6-12-14(13)18-10-19(15(12)20)16(8-9-16)11-4-1-2-5-11/h3,6-7,10-11H,1-2,4-5,8-9H2. The fourth-order valence-corrected chi connectivity index (χ4v) is 3.87. The largest absolute Gasteiger partial charge is 0.292 e. The van der Waals surface area contributed by atoms with E-state index >= 15 is 0 Å². The Morgan fingerprint density at radius 3 is 2.70 bits per heavy atom. The van der Waals surface area contributed by atoms with Crippen LogP contribution in [0.1, 0.15) is 38.5 Å². The van der Waals surface area contributed by atoms with Crippen LogP contribution in [0.25, 0.3) is 10.9 Å². The average molecular weight is 272 g/mol. The van der Waals surface area contributed by atoms with E-state index in [-0.39, 0.29) is 16.6 Å². The van der Waals surface area contributed by atoms with Crippen LogP contribution in [0, 0.1) is 11.7 Å². The summed E-state index contributed by atoms with van der Waals surface area (Å²) in [6, 6.07) is 4.61. The van der Waals surface area contributed by atoms with Crippen molar-refractivity contribution in [3.63, 3.8) is 0 Å². The molecule has 0 unspecified atom stereocenters. The SMILES string of the molecule is O=c1c2cccc(F)c2ncn1C1(C2CCCC2)CC1. The third-order valence-electron chi connectivity index (χ3n) is 5.10. The molecule has 4 heteroatoms. The first-order valence-corrected chi connectivity index (χ1v) is 7.39. The van der Waals surface area contributed by atoms with Gasteiger partial charge in [-0.25, -0.2) is 9.37 Å². The summed E-state index contributed by atoms with van der Waals surface area (Å²) in [4.78, 5) is 16.9. The summed E-state index contributed by atoms with van der Waals surface area (Å²) in [6.45, 7) is 0. The van der Waals surface area contributed by atoms with Gasteiger partial charge in [-0.1, -0.05) is 18.9 Å². The zero-order valence-electron chi connectivity index (χ0n) is 11.3. The maximum Gasteiger partial charge on any atom is 0.261 e. The second kappa shape index (κ2) is 4.14. The molecule has 2 aliphatic rings. The van der Waals surface area contributed by atoms with E-state index < -0.39 is 5.82 Å². The first-order chi connectivity index (χ1) is 9.72. The molecule has 2 aliphatic carbocycles. The van der Waals surface area contributed by atoms with Crippen molar-refractivity contribution in [3.8, 4) is 0 Å². The number of hydrogen-bond donors (Lipinski definition) is 0. The molecule has 2 fully saturated rings. The van der Waals surface area contributed by atoms with Crippen LogP contribution in [0.3, 0.4) is 0 Å². The Kier molecular flexibility index (Phi) is 2.50. The van der Waals surface area contributed by atoms with Crippen molar-refractivity contribution in [2.45, 2.75) is 44.1 Å². The number of halogens is 1. The van der Waals surface area contributed by atoms with Crippen molar-refractivity contribution >= 4 is 10.9 Å². The third-order valence-corrected chi connectivity index (χ3v) is 5.10. The molecule has 0 bridgehead atoms. The van der Waals surface area contributed by atoms with Crippen LogP contribution in [0.2, 0.25) is 0 Å². The van der Waals surface area contributed by atoms with E-state index in [2.05, 4.69) is 4.98 Å². The van der Waals surface area contributed by atoms with Gasteiger partial charge in [-0.3, -0.25) is 9.36 Å². The molecule has 0 radical (unpaired) electrons. The Morgan fingerprint density at radius 1 is 1.25 bits per heavy atom. The summed E-state index contributed by atoms with van der Waals surface area (Å²) >= 11 is 0. The van der Waals surface area contributed by atoms with Crippen LogP contribution < -0.4 is 5.56 Å². The zero-order valence-corrected chi connectivity index (χ0v) is 11.3. The van der Waals surface area contributed by atoms with E-state index in [0.29, 0.717) is 11.3 Å². The lowest BCUT2D eigenvalue weighted by atomic mass is 9.95. The Morgan fingerprint density at radius 2 is 2.00 bits per heavy atom. The summed E-state index contributed by atoms with van der Waals surface area (Å²) < 4.78 is 15.5. The van der Waals surface area contributed by atoms with Crippen LogP contribution in [-0.2, 0) is 5.54 Å². The highest BCUT2D eigenvalue weighted by molar-refractivity contribution is 5.77. The van der Waals surface area contributed by atoms with Gasteiger partial charge in [0.05, 0.1) is 17.3 Å². The van der Waals surface area contributed by atoms with Crippen LogP contribution in [0.4, 0.5) is 4.39 Å². The molecule has 1 aromatic carbocycles. The summed E-state index contributed by atoms with van der Waals surface area (Å²) in [7, 11) is 0. The average Bonchev–Trinajstić information content (AvgIpc) is 3.06.